The number of likely N-dealkylation sites (N-methyl/N-ethyl adjacent to an activating group) is 1. The van der Waals surface area contributed by atoms with Crippen molar-refractivity contribution < 1.29 is 13.9 Å². The standard InChI is InChI=1S/C19H28FN3O2/c1-19(2)16(15-9-11-25-17(15)19)22-18(21-3)23(4)10-12-24-14-7-5-13(20)6-8-14/h5-8,15-17H,9-12H2,1-4H3,(H,21,22). The normalized spacial score (nSPS) is 27.4. The molecule has 2 fully saturated rings. The Morgan fingerprint density at radius 1 is 1.40 bits per heavy atom. The van der Waals surface area contributed by atoms with Crippen LogP contribution in [0.15, 0.2) is 29.3 Å². The number of nitrogens with zero attached hydrogens (tertiary/aromatic N) is 2. The predicted molar refractivity (Wildman–Crippen MR) is 96.4 cm³/mol. The molecule has 6 heteroatoms. The molecule has 1 aliphatic heterocycles. The summed E-state index contributed by atoms with van der Waals surface area (Å²) in [4.78, 5) is 6.47. The maximum absolute atomic E-state index is 12.9. The average Bonchev–Trinajstić information content (AvgIpc) is 3.04. The van der Waals surface area contributed by atoms with Crippen molar-refractivity contribution >= 4 is 5.96 Å². The molecular formula is C19H28FN3O2. The average molecular weight is 349 g/mol. The van der Waals surface area contributed by atoms with Gasteiger partial charge in [0.05, 0.1) is 12.6 Å². The van der Waals surface area contributed by atoms with Gasteiger partial charge in [-0.3, -0.25) is 4.99 Å². The molecule has 0 bridgehead atoms. The van der Waals surface area contributed by atoms with Crippen LogP contribution in [0.4, 0.5) is 4.39 Å². The van der Waals surface area contributed by atoms with Crippen molar-refractivity contribution in [2.75, 3.05) is 33.9 Å². The molecule has 1 saturated carbocycles. The lowest BCUT2D eigenvalue weighted by atomic mass is 9.57. The Kier molecular flexibility index (Phi) is 5.18. The molecule has 1 N–H and O–H groups in total. The molecule has 0 aromatic heterocycles. The summed E-state index contributed by atoms with van der Waals surface area (Å²) < 4.78 is 24.4. The molecule has 25 heavy (non-hydrogen) atoms. The molecular weight excluding hydrogens is 321 g/mol. The Balaban J connectivity index is 1.50. The van der Waals surface area contributed by atoms with Gasteiger partial charge in [0.2, 0.25) is 0 Å². The van der Waals surface area contributed by atoms with Gasteiger partial charge in [-0.05, 0) is 30.7 Å². The van der Waals surface area contributed by atoms with Crippen LogP contribution in [0.25, 0.3) is 0 Å². The number of fused-ring (bicyclic) bond motifs is 1. The molecule has 1 aliphatic carbocycles. The van der Waals surface area contributed by atoms with Crippen molar-refractivity contribution in [3.05, 3.63) is 30.1 Å². The van der Waals surface area contributed by atoms with E-state index < -0.39 is 0 Å². The van der Waals surface area contributed by atoms with Crippen molar-refractivity contribution in [1.29, 1.82) is 0 Å². The molecule has 5 nitrogen and oxygen atoms in total. The van der Waals surface area contributed by atoms with Crippen molar-refractivity contribution in [2.24, 2.45) is 16.3 Å². The molecule has 3 rings (SSSR count). The zero-order chi connectivity index (χ0) is 18.0. The monoisotopic (exact) mass is 349 g/mol. The number of halogens is 1. The minimum absolute atomic E-state index is 0.114. The fourth-order valence-electron chi connectivity index (χ4n) is 4.04. The zero-order valence-electron chi connectivity index (χ0n) is 15.5. The van der Waals surface area contributed by atoms with Crippen LogP contribution in [0.3, 0.4) is 0 Å². The van der Waals surface area contributed by atoms with E-state index in [0.717, 1.165) is 19.0 Å². The van der Waals surface area contributed by atoms with E-state index in [9.17, 15) is 4.39 Å². The highest BCUT2D eigenvalue weighted by Gasteiger charge is 2.59. The SMILES string of the molecule is CN=C(NC1C2CCOC2C1(C)C)N(C)CCOc1ccc(F)cc1. The molecule has 1 saturated heterocycles. The highest BCUT2D eigenvalue weighted by atomic mass is 19.1. The van der Waals surface area contributed by atoms with Gasteiger partial charge in [-0.2, -0.15) is 0 Å². The third-order valence-electron chi connectivity index (χ3n) is 5.47. The van der Waals surface area contributed by atoms with Crippen molar-refractivity contribution in [3.8, 4) is 5.75 Å². The largest absolute Gasteiger partial charge is 0.492 e. The van der Waals surface area contributed by atoms with Gasteiger partial charge in [0.25, 0.3) is 0 Å². The molecule has 0 amide bonds. The molecule has 1 aromatic rings. The topological polar surface area (TPSA) is 46.1 Å². The Morgan fingerprint density at radius 3 is 2.80 bits per heavy atom. The van der Waals surface area contributed by atoms with Crippen LogP contribution < -0.4 is 10.1 Å². The number of hydrogen-bond acceptors (Lipinski definition) is 3. The second-order valence-corrected chi connectivity index (χ2v) is 7.46. The first-order chi connectivity index (χ1) is 11.9. The molecule has 1 heterocycles. The second kappa shape index (κ2) is 7.20. The highest BCUT2D eigenvalue weighted by molar-refractivity contribution is 5.80. The van der Waals surface area contributed by atoms with Crippen molar-refractivity contribution in [3.63, 3.8) is 0 Å². The van der Waals surface area contributed by atoms with Gasteiger partial charge < -0.3 is 19.7 Å². The summed E-state index contributed by atoms with van der Waals surface area (Å²) in [5.74, 6) is 1.84. The summed E-state index contributed by atoms with van der Waals surface area (Å²) in [6, 6.07) is 6.45. The van der Waals surface area contributed by atoms with E-state index >= 15 is 0 Å². The number of rotatable bonds is 5. The molecule has 2 aliphatic rings. The van der Waals surface area contributed by atoms with E-state index in [1.165, 1.54) is 12.1 Å². The third kappa shape index (κ3) is 3.59. The van der Waals surface area contributed by atoms with Crippen LogP contribution in [-0.4, -0.2) is 56.9 Å². The second-order valence-electron chi connectivity index (χ2n) is 7.46. The maximum Gasteiger partial charge on any atom is 0.193 e. The van der Waals surface area contributed by atoms with Gasteiger partial charge in [0, 0.05) is 38.1 Å². The predicted octanol–water partition coefficient (Wildman–Crippen LogP) is 2.53. The first-order valence-electron chi connectivity index (χ1n) is 8.88. The zero-order valence-corrected chi connectivity index (χ0v) is 15.5. The first kappa shape index (κ1) is 18.0. The van der Waals surface area contributed by atoms with Crippen LogP contribution in [0.1, 0.15) is 20.3 Å². The van der Waals surface area contributed by atoms with Gasteiger partial charge in [-0.25, -0.2) is 4.39 Å². The van der Waals surface area contributed by atoms with E-state index in [1.807, 2.05) is 7.05 Å². The minimum atomic E-state index is -0.258. The van der Waals surface area contributed by atoms with Gasteiger partial charge in [0.15, 0.2) is 5.96 Å². The lowest BCUT2D eigenvalue weighted by molar-refractivity contribution is -0.107. The van der Waals surface area contributed by atoms with E-state index in [1.54, 1.807) is 19.2 Å². The number of aliphatic imine (C=N–C) groups is 1. The lowest BCUT2D eigenvalue weighted by Crippen LogP contribution is -2.68. The van der Waals surface area contributed by atoms with E-state index in [0.29, 0.717) is 37.0 Å². The fraction of sp³-hybridized carbons (Fsp3) is 0.632. The number of hydrogen-bond donors (Lipinski definition) is 1. The Morgan fingerprint density at radius 2 is 2.12 bits per heavy atom. The van der Waals surface area contributed by atoms with Crippen LogP contribution in [0.5, 0.6) is 5.75 Å². The Labute approximate surface area is 149 Å². The molecule has 0 spiro atoms. The third-order valence-corrected chi connectivity index (χ3v) is 5.47. The summed E-state index contributed by atoms with van der Waals surface area (Å²) in [6.45, 7) is 6.56. The first-order valence-corrected chi connectivity index (χ1v) is 8.88. The van der Waals surface area contributed by atoms with Gasteiger partial charge >= 0.3 is 0 Å². The molecule has 1 aromatic carbocycles. The van der Waals surface area contributed by atoms with Crippen LogP contribution >= 0.6 is 0 Å². The summed E-state index contributed by atoms with van der Waals surface area (Å²) in [6.07, 6.45) is 1.47. The fourth-order valence-corrected chi connectivity index (χ4v) is 4.04. The Bertz CT molecular complexity index is 618. The van der Waals surface area contributed by atoms with Crippen molar-refractivity contribution in [2.45, 2.75) is 32.4 Å². The van der Waals surface area contributed by atoms with E-state index in [-0.39, 0.29) is 11.2 Å². The lowest BCUT2D eigenvalue weighted by Gasteiger charge is -2.55. The summed E-state index contributed by atoms with van der Waals surface area (Å²) in [7, 11) is 3.80. The van der Waals surface area contributed by atoms with Crippen LogP contribution in [0, 0.1) is 17.2 Å². The number of ether oxygens (including phenoxy) is 2. The number of guanidine groups is 1. The highest BCUT2D eigenvalue weighted by Crippen LogP contribution is 2.52. The van der Waals surface area contributed by atoms with Gasteiger partial charge in [-0.15, -0.1) is 0 Å². The summed E-state index contributed by atoms with van der Waals surface area (Å²) in [5.41, 5.74) is 0.114. The van der Waals surface area contributed by atoms with Gasteiger partial charge in [0.1, 0.15) is 18.2 Å². The molecule has 138 valence electrons. The van der Waals surface area contributed by atoms with E-state index in [4.69, 9.17) is 9.47 Å². The maximum atomic E-state index is 12.9. The molecule has 3 atom stereocenters. The molecule has 3 unspecified atom stereocenters. The van der Waals surface area contributed by atoms with Crippen LogP contribution in [0.2, 0.25) is 0 Å². The minimum Gasteiger partial charge on any atom is -0.492 e. The van der Waals surface area contributed by atoms with Gasteiger partial charge in [-0.1, -0.05) is 13.8 Å². The quantitative estimate of drug-likeness (QED) is 0.655. The van der Waals surface area contributed by atoms with Crippen LogP contribution in [-0.2, 0) is 4.74 Å². The molecule has 0 radical (unpaired) electrons. The van der Waals surface area contributed by atoms with E-state index in [2.05, 4.69) is 29.1 Å². The number of benzene rings is 1. The Hall–Kier alpha value is -1.82. The summed E-state index contributed by atoms with van der Waals surface area (Å²) in [5, 5.41) is 3.61. The number of nitrogens with one attached hydrogen (secondary N) is 1. The van der Waals surface area contributed by atoms with Crippen molar-refractivity contribution in [1.82, 2.24) is 10.2 Å². The summed E-state index contributed by atoms with van der Waals surface area (Å²) >= 11 is 0. The smallest absolute Gasteiger partial charge is 0.193 e.